The number of hydrogen-bond donors (Lipinski definition) is 0. The molecule has 1 nitrogen and oxygen atoms in total. The minimum atomic E-state index is -0.894. The molecular formula is C11H13FO. The van der Waals surface area contributed by atoms with Gasteiger partial charge in [-0.1, -0.05) is 12.1 Å². The van der Waals surface area contributed by atoms with Crippen LogP contribution >= 0.6 is 0 Å². The van der Waals surface area contributed by atoms with E-state index in [0.29, 0.717) is 6.42 Å². The van der Waals surface area contributed by atoms with Crippen molar-refractivity contribution in [1.82, 2.24) is 0 Å². The van der Waals surface area contributed by atoms with Crippen LogP contribution in [0, 0.1) is 0 Å². The maximum absolute atomic E-state index is 13.3. The highest BCUT2D eigenvalue weighted by atomic mass is 19.1. The van der Waals surface area contributed by atoms with Crippen LogP contribution in [0.5, 0.6) is 5.75 Å². The molecule has 0 bridgehead atoms. The summed E-state index contributed by atoms with van der Waals surface area (Å²) in [6, 6.07) is 7.61. The first-order valence-corrected chi connectivity index (χ1v) is 4.54. The maximum Gasteiger partial charge on any atom is 0.118 e. The van der Waals surface area contributed by atoms with E-state index in [4.69, 9.17) is 4.74 Å². The molecule has 1 fully saturated rings. The zero-order valence-electron chi connectivity index (χ0n) is 7.72. The highest BCUT2D eigenvalue weighted by Crippen LogP contribution is 2.42. The minimum Gasteiger partial charge on any atom is -0.497 e. The summed E-state index contributed by atoms with van der Waals surface area (Å²) in [5, 5.41) is 0. The van der Waals surface area contributed by atoms with E-state index in [2.05, 4.69) is 0 Å². The third kappa shape index (κ3) is 2.00. The maximum atomic E-state index is 13.3. The molecule has 0 aliphatic heterocycles. The van der Waals surface area contributed by atoms with Crippen molar-refractivity contribution in [2.24, 2.45) is 0 Å². The molecule has 0 aromatic heterocycles. The molecule has 1 saturated carbocycles. The normalized spacial score (nSPS) is 18.3. The standard InChI is InChI=1S/C11H13FO/c1-13-10-4-2-9(3-5-10)8-11(12)6-7-11/h2-5H,6-8H2,1H3. The number of benzene rings is 1. The molecule has 1 aliphatic rings. The summed E-state index contributed by atoms with van der Waals surface area (Å²) in [6.45, 7) is 0. The van der Waals surface area contributed by atoms with Crippen LogP contribution in [0.25, 0.3) is 0 Å². The van der Waals surface area contributed by atoms with Gasteiger partial charge in [-0.3, -0.25) is 0 Å². The Balaban J connectivity index is 2.05. The van der Waals surface area contributed by atoms with Crippen LogP contribution in [0.1, 0.15) is 18.4 Å². The first kappa shape index (κ1) is 8.54. The van der Waals surface area contributed by atoms with Crippen molar-refractivity contribution in [2.75, 3.05) is 7.11 Å². The fraction of sp³-hybridized carbons (Fsp3) is 0.455. The highest BCUT2D eigenvalue weighted by Gasteiger charge is 2.42. The molecule has 0 heterocycles. The average molecular weight is 180 g/mol. The minimum absolute atomic E-state index is 0.553. The Hall–Kier alpha value is -1.05. The zero-order valence-corrected chi connectivity index (χ0v) is 7.72. The van der Waals surface area contributed by atoms with Crippen molar-refractivity contribution in [2.45, 2.75) is 24.9 Å². The van der Waals surface area contributed by atoms with Crippen LogP contribution in [-0.2, 0) is 6.42 Å². The summed E-state index contributed by atoms with van der Waals surface area (Å²) in [4.78, 5) is 0. The van der Waals surface area contributed by atoms with Gasteiger partial charge >= 0.3 is 0 Å². The summed E-state index contributed by atoms with van der Waals surface area (Å²) in [5.74, 6) is 0.826. The second-order valence-corrected chi connectivity index (χ2v) is 3.68. The summed E-state index contributed by atoms with van der Waals surface area (Å²) >= 11 is 0. The lowest BCUT2D eigenvalue weighted by Crippen LogP contribution is -2.03. The molecule has 0 spiro atoms. The van der Waals surface area contributed by atoms with Crippen LogP contribution in [0.3, 0.4) is 0 Å². The van der Waals surface area contributed by atoms with E-state index >= 15 is 0 Å². The second kappa shape index (κ2) is 3.02. The van der Waals surface area contributed by atoms with E-state index in [1.54, 1.807) is 7.11 Å². The summed E-state index contributed by atoms with van der Waals surface area (Å²) < 4.78 is 18.4. The smallest absolute Gasteiger partial charge is 0.118 e. The number of halogens is 1. The summed E-state index contributed by atoms with van der Waals surface area (Å²) in [5.41, 5.74) is 0.162. The Kier molecular flexibility index (Phi) is 1.98. The van der Waals surface area contributed by atoms with Crippen LogP contribution in [0.15, 0.2) is 24.3 Å². The lowest BCUT2D eigenvalue weighted by Gasteiger charge is -2.05. The van der Waals surface area contributed by atoms with Crippen molar-refractivity contribution in [1.29, 1.82) is 0 Å². The van der Waals surface area contributed by atoms with E-state index in [1.165, 1.54) is 0 Å². The molecular weight excluding hydrogens is 167 g/mol. The SMILES string of the molecule is COc1ccc(CC2(F)CC2)cc1. The van der Waals surface area contributed by atoms with Gasteiger partial charge in [-0.15, -0.1) is 0 Å². The zero-order chi connectivity index (χ0) is 9.31. The van der Waals surface area contributed by atoms with E-state index in [9.17, 15) is 4.39 Å². The van der Waals surface area contributed by atoms with Gasteiger partial charge < -0.3 is 4.74 Å². The molecule has 1 aromatic rings. The molecule has 2 rings (SSSR count). The second-order valence-electron chi connectivity index (χ2n) is 3.68. The molecule has 0 saturated heterocycles. The predicted molar refractivity (Wildman–Crippen MR) is 49.8 cm³/mol. The topological polar surface area (TPSA) is 9.23 Å². The van der Waals surface area contributed by atoms with Crippen LogP contribution < -0.4 is 4.74 Å². The Morgan fingerprint density at radius 2 is 1.92 bits per heavy atom. The number of rotatable bonds is 3. The van der Waals surface area contributed by atoms with Gasteiger partial charge in [-0.25, -0.2) is 4.39 Å². The fourth-order valence-electron chi connectivity index (χ4n) is 1.42. The summed E-state index contributed by atoms with van der Waals surface area (Å²) in [7, 11) is 1.63. The molecule has 1 aliphatic carbocycles. The molecule has 0 atom stereocenters. The average Bonchev–Trinajstić information content (AvgIpc) is 2.85. The lowest BCUT2D eigenvalue weighted by atomic mass is 10.1. The van der Waals surface area contributed by atoms with Gasteiger partial charge in [-0.05, 0) is 30.5 Å². The van der Waals surface area contributed by atoms with Crippen LogP contribution in [0.4, 0.5) is 4.39 Å². The van der Waals surface area contributed by atoms with E-state index in [0.717, 1.165) is 24.2 Å². The molecule has 13 heavy (non-hydrogen) atoms. The fourth-order valence-corrected chi connectivity index (χ4v) is 1.42. The monoisotopic (exact) mass is 180 g/mol. The van der Waals surface area contributed by atoms with Crippen LogP contribution in [0.2, 0.25) is 0 Å². The van der Waals surface area contributed by atoms with Gasteiger partial charge in [0.25, 0.3) is 0 Å². The number of ether oxygens (including phenoxy) is 1. The largest absolute Gasteiger partial charge is 0.497 e. The quantitative estimate of drug-likeness (QED) is 0.695. The Morgan fingerprint density at radius 3 is 2.38 bits per heavy atom. The van der Waals surface area contributed by atoms with Crippen molar-refractivity contribution in [3.05, 3.63) is 29.8 Å². The van der Waals surface area contributed by atoms with Crippen molar-refractivity contribution < 1.29 is 9.13 Å². The van der Waals surface area contributed by atoms with E-state index in [1.807, 2.05) is 24.3 Å². The van der Waals surface area contributed by atoms with Crippen molar-refractivity contribution in [3.63, 3.8) is 0 Å². The number of alkyl halides is 1. The third-order valence-corrected chi connectivity index (χ3v) is 2.47. The van der Waals surface area contributed by atoms with Gasteiger partial charge in [0, 0.05) is 6.42 Å². The van der Waals surface area contributed by atoms with Crippen molar-refractivity contribution >= 4 is 0 Å². The van der Waals surface area contributed by atoms with Gasteiger partial charge in [0.2, 0.25) is 0 Å². The highest BCUT2D eigenvalue weighted by molar-refractivity contribution is 5.28. The van der Waals surface area contributed by atoms with Gasteiger partial charge in [0.15, 0.2) is 0 Å². The molecule has 0 unspecified atom stereocenters. The molecule has 0 amide bonds. The molecule has 2 heteroatoms. The third-order valence-electron chi connectivity index (χ3n) is 2.47. The molecule has 70 valence electrons. The van der Waals surface area contributed by atoms with Crippen LogP contribution in [-0.4, -0.2) is 12.8 Å². The van der Waals surface area contributed by atoms with Gasteiger partial charge in [0.1, 0.15) is 11.4 Å². The van der Waals surface area contributed by atoms with Gasteiger partial charge in [0.05, 0.1) is 7.11 Å². The van der Waals surface area contributed by atoms with Gasteiger partial charge in [-0.2, -0.15) is 0 Å². The first-order valence-electron chi connectivity index (χ1n) is 4.54. The van der Waals surface area contributed by atoms with E-state index < -0.39 is 5.67 Å². The number of methoxy groups -OCH3 is 1. The summed E-state index contributed by atoms with van der Waals surface area (Å²) in [6.07, 6.45) is 2.00. The Morgan fingerprint density at radius 1 is 1.31 bits per heavy atom. The Labute approximate surface area is 77.5 Å². The lowest BCUT2D eigenvalue weighted by molar-refractivity contribution is 0.307. The van der Waals surface area contributed by atoms with E-state index in [-0.39, 0.29) is 0 Å². The number of hydrogen-bond acceptors (Lipinski definition) is 1. The molecule has 0 N–H and O–H groups in total. The van der Waals surface area contributed by atoms with Crippen molar-refractivity contribution in [3.8, 4) is 5.75 Å². The molecule has 1 aromatic carbocycles. The molecule has 0 radical (unpaired) electrons. The predicted octanol–water partition coefficient (Wildman–Crippen LogP) is 2.74. The first-order chi connectivity index (χ1) is 6.22. The Bertz CT molecular complexity index is 287.